The number of fused-ring (bicyclic) bond motifs is 4. The summed E-state index contributed by atoms with van der Waals surface area (Å²) in [5.74, 6) is 0. The van der Waals surface area contributed by atoms with E-state index in [-0.39, 0.29) is 27.9 Å². The van der Waals surface area contributed by atoms with Crippen LogP contribution in [0.5, 0.6) is 0 Å². The molecule has 0 spiro atoms. The Hall–Kier alpha value is -5.20. The molecular formula is C40H26. The fourth-order valence-corrected chi connectivity index (χ4v) is 4.95. The molecule has 0 atom stereocenters. The molecule has 40 heavy (non-hydrogen) atoms. The van der Waals surface area contributed by atoms with E-state index in [1.54, 1.807) is 0 Å². The molecule has 0 radical (unpaired) electrons. The first-order valence-electron chi connectivity index (χ1n) is 23.5. The zero-order chi connectivity index (χ0) is 46.5. The number of hydrogen-bond donors (Lipinski definition) is 0. The van der Waals surface area contributed by atoms with Crippen molar-refractivity contribution in [2.75, 3.05) is 0 Å². The SMILES string of the molecule is [2H]c1c([2H])c([2H])c(-c2c3c([2H])c([2H])c([2H])c([2H])c3c(-c3c([2H])c([2H])c([2H])c4c(-c5ccc6c([2H])c([2H])c([2H])c([2H])c6c5)c([2H])c([2H])c([2H])c34)c3c([2H])c([2H])c([2H])c([2H])c23)c([2H])c1[2H]. The monoisotopic (exact) mass is 529 g/mol. The number of benzene rings is 8. The molecule has 0 heterocycles. The lowest BCUT2D eigenvalue weighted by molar-refractivity contribution is 1.65. The lowest BCUT2D eigenvalue weighted by Crippen LogP contribution is -1.92. The molecular weight excluding hydrogens is 480 g/mol. The van der Waals surface area contributed by atoms with Crippen LogP contribution >= 0.6 is 0 Å². The van der Waals surface area contributed by atoms with Crippen LogP contribution in [0.4, 0.5) is 0 Å². The lowest BCUT2D eigenvalue weighted by Gasteiger charge is -2.19. The highest BCUT2D eigenvalue weighted by Gasteiger charge is 2.18. The fourth-order valence-electron chi connectivity index (χ4n) is 4.95. The van der Waals surface area contributed by atoms with Crippen LogP contribution in [0.25, 0.3) is 76.5 Å². The molecule has 0 unspecified atom stereocenters. The van der Waals surface area contributed by atoms with Crippen LogP contribution in [0, 0.1) is 0 Å². The average molecular weight is 530 g/mol. The maximum absolute atomic E-state index is 9.41. The average Bonchev–Trinajstić information content (AvgIpc) is 3.26. The first-order chi connectivity index (χ1) is 29.4. The Morgan fingerprint density at radius 1 is 0.325 bits per heavy atom. The summed E-state index contributed by atoms with van der Waals surface area (Å²) in [5.41, 5.74) is -2.88. The second-order valence-electron chi connectivity index (χ2n) is 8.76. The van der Waals surface area contributed by atoms with Crippen LogP contribution in [0.1, 0.15) is 31.5 Å². The van der Waals surface area contributed by atoms with Crippen molar-refractivity contribution in [2.45, 2.75) is 0 Å². The van der Waals surface area contributed by atoms with Crippen molar-refractivity contribution in [3.63, 3.8) is 0 Å². The molecule has 0 amide bonds. The standard InChI is InChI=1S/C40H26/c1-2-13-28(14-3-1)39-35-16-6-8-18-37(35)40(38-19-9-7-17-36(38)39)34-23-11-21-32-31(20-10-22-33(32)34)30-25-24-27-12-4-5-15-29(27)26-30/h1-26H/i1D,2D,3D,4D,5D,6D,7D,8D,9D,10D,11D,12D,13D,14D,15D,16D,17D,18D,19D,20D,21D,22D,23D. The molecule has 0 aliphatic heterocycles. The summed E-state index contributed by atoms with van der Waals surface area (Å²) < 4.78 is 204. The van der Waals surface area contributed by atoms with Crippen molar-refractivity contribution in [1.82, 2.24) is 0 Å². The zero-order valence-corrected chi connectivity index (χ0v) is 20.2. The van der Waals surface area contributed by atoms with Gasteiger partial charge in [-0.1, -0.05) is 151 Å². The van der Waals surface area contributed by atoms with Gasteiger partial charge in [0.15, 0.2) is 0 Å². The second kappa shape index (κ2) is 9.22. The van der Waals surface area contributed by atoms with Gasteiger partial charge in [0.1, 0.15) is 0 Å². The Labute approximate surface area is 266 Å². The summed E-state index contributed by atoms with van der Waals surface area (Å²) in [6.07, 6.45) is 0. The van der Waals surface area contributed by atoms with E-state index in [4.69, 9.17) is 21.9 Å². The van der Waals surface area contributed by atoms with Gasteiger partial charge in [-0.25, -0.2) is 0 Å². The van der Waals surface area contributed by atoms with Gasteiger partial charge in [-0.3, -0.25) is 0 Å². The minimum absolute atomic E-state index is 0.0253. The Morgan fingerprint density at radius 3 is 1.50 bits per heavy atom. The Bertz CT molecular complexity index is 3370. The van der Waals surface area contributed by atoms with Crippen LogP contribution in [-0.2, 0) is 0 Å². The maximum Gasteiger partial charge on any atom is 0.0629 e. The van der Waals surface area contributed by atoms with Crippen LogP contribution in [0.15, 0.2) is 157 Å². The van der Waals surface area contributed by atoms with E-state index in [1.165, 1.54) is 18.2 Å². The molecule has 0 saturated carbocycles. The first-order valence-corrected chi connectivity index (χ1v) is 12.0. The van der Waals surface area contributed by atoms with E-state index in [0.717, 1.165) is 0 Å². The van der Waals surface area contributed by atoms with Crippen molar-refractivity contribution in [3.05, 3.63) is 157 Å². The highest BCUT2D eigenvalue weighted by molar-refractivity contribution is 6.24. The van der Waals surface area contributed by atoms with Gasteiger partial charge in [-0.2, -0.15) is 0 Å². The van der Waals surface area contributed by atoms with Crippen molar-refractivity contribution in [2.24, 2.45) is 0 Å². The molecule has 8 aromatic rings. The molecule has 8 rings (SSSR count). The molecule has 0 aliphatic rings. The van der Waals surface area contributed by atoms with Crippen LogP contribution < -0.4 is 0 Å². The molecule has 0 aliphatic carbocycles. The Balaban J connectivity index is 1.73. The van der Waals surface area contributed by atoms with Gasteiger partial charge >= 0.3 is 0 Å². The largest absolute Gasteiger partial charge is 0.0629 e. The highest BCUT2D eigenvalue weighted by Crippen LogP contribution is 2.46. The smallest absolute Gasteiger partial charge is 0.0622 e. The van der Waals surface area contributed by atoms with Crippen molar-refractivity contribution < 1.29 is 31.5 Å². The quantitative estimate of drug-likeness (QED) is 0.200. The van der Waals surface area contributed by atoms with Crippen LogP contribution in [-0.4, -0.2) is 0 Å². The first kappa shape index (κ1) is 9.47. The summed E-state index contributed by atoms with van der Waals surface area (Å²) >= 11 is 0. The van der Waals surface area contributed by atoms with Crippen molar-refractivity contribution in [1.29, 1.82) is 0 Å². The maximum atomic E-state index is 9.41. The number of rotatable bonds is 3. The zero-order valence-electron chi connectivity index (χ0n) is 43.2. The summed E-state index contributed by atoms with van der Waals surface area (Å²) in [4.78, 5) is 0. The molecule has 8 aromatic carbocycles. The van der Waals surface area contributed by atoms with Gasteiger partial charge in [0.05, 0.1) is 31.5 Å². The van der Waals surface area contributed by atoms with E-state index in [0.29, 0.717) is 0 Å². The predicted octanol–water partition coefficient (Wildman–Crippen LogP) is 11.3. The molecule has 0 heteroatoms. The topological polar surface area (TPSA) is 0 Å². The van der Waals surface area contributed by atoms with Crippen molar-refractivity contribution in [3.8, 4) is 33.4 Å². The third-order valence-corrected chi connectivity index (χ3v) is 6.64. The van der Waals surface area contributed by atoms with E-state index in [2.05, 4.69) is 0 Å². The van der Waals surface area contributed by atoms with E-state index in [1.807, 2.05) is 0 Å². The second-order valence-corrected chi connectivity index (χ2v) is 8.76. The fraction of sp³-hybridized carbons (Fsp3) is 0. The normalized spacial score (nSPS) is 19.6. The van der Waals surface area contributed by atoms with Gasteiger partial charge in [0, 0.05) is 0 Å². The van der Waals surface area contributed by atoms with Gasteiger partial charge in [-0.15, -0.1) is 0 Å². The molecule has 0 nitrogen and oxygen atoms in total. The highest BCUT2D eigenvalue weighted by atomic mass is 14.2. The molecule has 0 bridgehead atoms. The Morgan fingerprint density at radius 2 is 0.825 bits per heavy atom. The van der Waals surface area contributed by atoms with Gasteiger partial charge in [-0.05, 0) is 82.5 Å². The summed E-state index contributed by atoms with van der Waals surface area (Å²) in [6.45, 7) is 0. The Kier molecular flexibility index (Phi) is 2.18. The van der Waals surface area contributed by atoms with E-state index >= 15 is 0 Å². The summed E-state index contributed by atoms with van der Waals surface area (Å²) in [5, 5.41) is -3.44. The minimum Gasteiger partial charge on any atom is -0.0622 e. The minimum atomic E-state index is -0.915. The van der Waals surface area contributed by atoms with E-state index < -0.39 is 188 Å². The van der Waals surface area contributed by atoms with Gasteiger partial charge < -0.3 is 0 Å². The van der Waals surface area contributed by atoms with Crippen LogP contribution in [0.2, 0.25) is 0 Å². The van der Waals surface area contributed by atoms with Gasteiger partial charge in [0.2, 0.25) is 0 Å². The lowest BCUT2D eigenvalue weighted by atomic mass is 9.84. The molecule has 0 fully saturated rings. The number of hydrogen-bond acceptors (Lipinski definition) is 0. The van der Waals surface area contributed by atoms with Crippen LogP contribution in [0.3, 0.4) is 0 Å². The van der Waals surface area contributed by atoms with Crippen molar-refractivity contribution >= 4 is 43.1 Å². The molecule has 186 valence electrons. The summed E-state index contributed by atoms with van der Waals surface area (Å²) in [6, 6.07) is -14.6. The molecule has 0 N–H and O–H groups in total. The predicted molar refractivity (Wildman–Crippen MR) is 173 cm³/mol. The summed E-state index contributed by atoms with van der Waals surface area (Å²) in [7, 11) is 0. The van der Waals surface area contributed by atoms with E-state index in [9.17, 15) is 9.60 Å². The molecule has 0 aromatic heterocycles. The third kappa shape index (κ3) is 3.54. The molecule has 0 saturated heterocycles. The van der Waals surface area contributed by atoms with Gasteiger partial charge in [0.25, 0.3) is 0 Å². The third-order valence-electron chi connectivity index (χ3n) is 6.64.